The van der Waals surface area contributed by atoms with Crippen molar-refractivity contribution in [3.63, 3.8) is 0 Å². The van der Waals surface area contributed by atoms with Crippen LogP contribution < -0.4 is 16.8 Å². The zero-order valence-corrected chi connectivity index (χ0v) is 12.0. The smallest absolute Gasteiger partial charge is 0.404 e. The Morgan fingerprint density at radius 3 is 2.80 bits per heavy atom. The lowest BCUT2D eigenvalue weighted by Gasteiger charge is -2.65. The van der Waals surface area contributed by atoms with Crippen LogP contribution in [0.2, 0.25) is 0 Å². The number of hydrogen-bond acceptors (Lipinski definition) is 5. The molecule has 1 heterocycles. The van der Waals surface area contributed by atoms with Crippen molar-refractivity contribution in [3.8, 4) is 0 Å². The first-order valence-corrected chi connectivity index (χ1v) is 6.93. The van der Waals surface area contributed by atoms with Crippen LogP contribution in [0.15, 0.2) is 0 Å². The Labute approximate surface area is 118 Å². The number of nitrogens with two attached hydrogens (primary N) is 2. The van der Waals surface area contributed by atoms with Gasteiger partial charge in [-0.3, -0.25) is 4.79 Å². The van der Waals surface area contributed by atoms with E-state index in [0.717, 1.165) is 19.4 Å². The lowest BCUT2D eigenvalue weighted by molar-refractivity contribution is -0.225. The number of ether oxygens (including phenoxy) is 2. The van der Waals surface area contributed by atoms with Crippen LogP contribution in [-0.4, -0.2) is 43.4 Å². The molecule has 3 atom stereocenters. The standard InChI is InChI=1S/C13H23N3O4/c1-12(2)9-8(4-3-6-19-9)13(12,15)10(17)16-5-7-20-11(14)18/h8-9H,3-7,15H2,1-2H3,(H2,14,18)(H,16,17). The van der Waals surface area contributed by atoms with E-state index >= 15 is 0 Å². The lowest BCUT2D eigenvalue weighted by atomic mass is 9.46. The summed E-state index contributed by atoms with van der Waals surface area (Å²) in [6.45, 7) is 4.89. The monoisotopic (exact) mass is 285 g/mol. The first-order chi connectivity index (χ1) is 9.31. The third-order valence-corrected chi connectivity index (χ3v) is 4.69. The molecule has 0 radical (unpaired) electrons. The van der Waals surface area contributed by atoms with Gasteiger partial charge in [0.25, 0.3) is 0 Å². The first-order valence-electron chi connectivity index (χ1n) is 6.93. The minimum atomic E-state index is -0.940. The van der Waals surface area contributed by atoms with Crippen molar-refractivity contribution >= 4 is 12.0 Å². The van der Waals surface area contributed by atoms with Crippen LogP contribution in [0.5, 0.6) is 0 Å². The predicted octanol–water partition coefficient (Wildman–Crippen LogP) is -0.270. The van der Waals surface area contributed by atoms with E-state index in [9.17, 15) is 9.59 Å². The maximum Gasteiger partial charge on any atom is 0.404 e. The lowest BCUT2D eigenvalue weighted by Crippen LogP contribution is -2.82. The Kier molecular flexibility index (Phi) is 3.93. The Morgan fingerprint density at radius 2 is 2.15 bits per heavy atom. The second kappa shape index (κ2) is 5.21. The van der Waals surface area contributed by atoms with Crippen LogP contribution in [0.4, 0.5) is 4.79 Å². The highest BCUT2D eigenvalue weighted by molar-refractivity contribution is 5.89. The van der Waals surface area contributed by atoms with Crippen molar-refractivity contribution < 1.29 is 19.1 Å². The number of primary amides is 1. The van der Waals surface area contributed by atoms with E-state index in [0.29, 0.717) is 0 Å². The third kappa shape index (κ3) is 2.14. The van der Waals surface area contributed by atoms with Crippen LogP contribution in [0.1, 0.15) is 26.7 Å². The molecule has 114 valence electrons. The molecule has 2 fully saturated rings. The highest BCUT2D eigenvalue weighted by Crippen LogP contribution is 2.57. The van der Waals surface area contributed by atoms with E-state index in [4.69, 9.17) is 16.2 Å². The molecular weight excluding hydrogens is 262 g/mol. The summed E-state index contributed by atoms with van der Waals surface area (Å²) >= 11 is 0. The van der Waals surface area contributed by atoms with Crippen molar-refractivity contribution in [2.75, 3.05) is 19.8 Å². The summed E-state index contributed by atoms with van der Waals surface area (Å²) in [6.07, 6.45) is 1.00. The maximum atomic E-state index is 12.4. The molecule has 1 saturated heterocycles. The van der Waals surface area contributed by atoms with E-state index in [2.05, 4.69) is 10.1 Å². The minimum absolute atomic E-state index is 0.0360. The van der Waals surface area contributed by atoms with Gasteiger partial charge in [0.15, 0.2) is 0 Å². The fourth-order valence-electron chi connectivity index (χ4n) is 3.50. The molecule has 0 aromatic carbocycles. The van der Waals surface area contributed by atoms with Gasteiger partial charge in [-0.25, -0.2) is 4.79 Å². The molecule has 2 aliphatic rings. The average Bonchev–Trinajstić information content (AvgIpc) is 2.42. The number of amides is 2. The van der Waals surface area contributed by atoms with E-state index in [1.807, 2.05) is 13.8 Å². The van der Waals surface area contributed by atoms with E-state index in [1.54, 1.807) is 0 Å². The van der Waals surface area contributed by atoms with Crippen molar-refractivity contribution in [1.82, 2.24) is 5.32 Å². The van der Waals surface area contributed by atoms with Gasteiger partial charge in [0, 0.05) is 17.9 Å². The third-order valence-electron chi connectivity index (χ3n) is 4.69. The van der Waals surface area contributed by atoms with Crippen molar-refractivity contribution in [1.29, 1.82) is 0 Å². The van der Waals surface area contributed by atoms with Gasteiger partial charge in [-0.1, -0.05) is 13.8 Å². The second-order valence-corrected chi connectivity index (χ2v) is 6.05. The molecule has 1 aliphatic heterocycles. The number of fused-ring (bicyclic) bond motifs is 1. The normalized spacial score (nSPS) is 34.5. The molecule has 20 heavy (non-hydrogen) atoms. The van der Waals surface area contributed by atoms with Crippen molar-refractivity contribution in [2.24, 2.45) is 22.8 Å². The Bertz CT molecular complexity index is 412. The van der Waals surface area contributed by atoms with E-state index < -0.39 is 17.0 Å². The first kappa shape index (κ1) is 15.1. The van der Waals surface area contributed by atoms with Gasteiger partial charge in [-0.15, -0.1) is 0 Å². The molecule has 0 spiro atoms. The van der Waals surface area contributed by atoms with Crippen LogP contribution in [0.3, 0.4) is 0 Å². The predicted molar refractivity (Wildman–Crippen MR) is 71.7 cm³/mol. The number of carbonyl (C=O) groups excluding carboxylic acids is 2. The number of nitrogens with one attached hydrogen (secondary N) is 1. The summed E-state index contributed by atoms with van der Waals surface area (Å²) in [5, 5.41) is 2.72. The Hall–Kier alpha value is -1.34. The highest BCUT2D eigenvalue weighted by atomic mass is 16.5. The average molecular weight is 285 g/mol. The van der Waals surface area contributed by atoms with Gasteiger partial charge >= 0.3 is 6.09 Å². The molecule has 2 amide bonds. The molecule has 1 saturated carbocycles. The topological polar surface area (TPSA) is 117 Å². The summed E-state index contributed by atoms with van der Waals surface area (Å²) in [4.78, 5) is 22.8. The molecule has 2 rings (SSSR count). The number of rotatable bonds is 4. The molecule has 0 aromatic rings. The molecule has 7 nitrogen and oxygen atoms in total. The summed E-state index contributed by atoms with van der Waals surface area (Å²) in [5.74, 6) is -0.175. The SMILES string of the molecule is CC1(C)C2OCCCC2C1(N)C(=O)NCCOC(N)=O. The summed E-state index contributed by atoms with van der Waals surface area (Å²) < 4.78 is 10.3. The Balaban J connectivity index is 1.95. The van der Waals surface area contributed by atoms with Crippen LogP contribution in [0, 0.1) is 11.3 Å². The number of carbonyl (C=O) groups is 2. The maximum absolute atomic E-state index is 12.4. The molecule has 1 aliphatic carbocycles. The van der Waals surface area contributed by atoms with Crippen LogP contribution in [-0.2, 0) is 14.3 Å². The van der Waals surface area contributed by atoms with Crippen molar-refractivity contribution in [2.45, 2.75) is 38.3 Å². The van der Waals surface area contributed by atoms with E-state index in [1.165, 1.54) is 0 Å². The summed E-state index contributed by atoms with van der Waals surface area (Å²) in [6, 6.07) is 0. The van der Waals surface area contributed by atoms with E-state index in [-0.39, 0.29) is 31.1 Å². The highest BCUT2D eigenvalue weighted by Gasteiger charge is 2.70. The fourth-order valence-corrected chi connectivity index (χ4v) is 3.50. The number of hydrogen-bond donors (Lipinski definition) is 3. The molecule has 5 N–H and O–H groups in total. The molecule has 0 aromatic heterocycles. The molecule has 0 bridgehead atoms. The fraction of sp³-hybridized carbons (Fsp3) is 0.846. The summed E-state index contributed by atoms with van der Waals surface area (Å²) in [7, 11) is 0. The zero-order chi connectivity index (χ0) is 15.0. The Morgan fingerprint density at radius 1 is 1.45 bits per heavy atom. The second-order valence-electron chi connectivity index (χ2n) is 6.05. The molecular formula is C13H23N3O4. The zero-order valence-electron chi connectivity index (χ0n) is 12.0. The summed E-state index contributed by atoms with van der Waals surface area (Å²) in [5.41, 5.74) is 9.89. The molecule has 3 unspecified atom stereocenters. The minimum Gasteiger partial charge on any atom is -0.448 e. The van der Waals surface area contributed by atoms with Crippen molar-refractivity contribution in [3.05, 3.63) is 0 Å². The van der Waals surface area contributed by atoms with Gasteiger partial charge < -0.3 is 26.3 Å². The van der Waals surface area contributed by atoms with Gasteiger partial charge in [-0.2, -0.15) is 0 Å². The van der Waals surface area contributed by atoms with Gasteiger partial charge in [-0.05, 0) is 12.8 Å². The van der Waals surface area contributed by atoms with Gasteiger partial charge in [0.2, 0.25) is 5.91 Å². The largest absolute Gasteiger partial charge is 0.448 e. The molecule has 7 heteroatoms. The van der Waals surface area contributed by atoms with Gasteiger partial charge in [0.1, 0.15) is 12.1 Å². The van der Waals surface area contributed by atoms with Crippen LogP contribution in [0.25, 0.3) is 0 Å². The van der Waals surface area contributed by atoms with Gasteiger partial charge in [0.05, 0.1) is 12.6 Å². The quantitative estimate of drug-likeness (QED) is 0.615. The van der Waals surface area contributed by atoms with Crippen LogP contribution >= 0.6 is 0 Å².